The van der Waals surface area contributed by atoms with Gasteiger partial charge in [0.25, 0.3) is 0 Å². The summed E-state index contributed by atoms with van der Waals surface area (Å²) >= 11 is 0. The van der Waals surface area contributed by atoms with E-state index in [0.717, 1.165) is 12.4 Å². The fourth-order valence-electron chi connectivity index (χ4n) is 1.35. The Hall–Kier alpha value is -1.76. The molecule has 1 aromatic rings. The van der Waals surface area contributed by atoms with Crippen LogP contribution in [-0.4, -0.2) is 11.5 Å². The van der Waals surface area contributed by atoms with Crippen LogP contribution in [0, 0.1) is 16.7 Å². The second-order valence-corrected chi connectivity index (χ2v) is 4.41. The van der Waals surface area contributed by atoms with E-state index in [9.17, 15) is 0 Å². The molecule has 1 saturated carbocycles. The standard InChI is InChI=1S/C11H14N4/c1-11(4-5-11)7-14-10-3-2-8(13)9(6-12)15-10/h2-3H,4-5,7,13H2,1H3,(H,14,15). The van der Waals surface area contributed by atoms with Gasteiger partial charge in [0.2, 0.25) is 0 Å². The highest BCUT2D eigenvalue weighted by Crippen LogP contribution is 2.44. The van der Waals surface area contributed by atoms with E-state index in [0.29, 0.717) is 16.8 Å². The van der Waals surface area contributed by atoms with Crippen molar-refractivity contribution in [2.24, 2.45) is 5.41 Å². The van der Waals surface area contributed by atoms with E-state index in [1.165, 1.54) is 12.8 Å². The first-order valence-corrected chi connectivity index (χ1v) is 5.03. The van der Waals surface area contributed by atoms with Crippen molar-refractivity contribution in [1.29, 1.82) is 5.26 Å². The minimum Gasteiger partial charge on any atom is -0.396 e. The van der Waals surface area contributed by atoms with Crippen LogP contribution in [0.25, 0.3) is 0 Å². The van der Waals surface area contributed by atoms with Gasteiger partial charge in [0, 0.05) is 6.54 Å². The number of hydrogen-bond acceptors (Lipinski definition) is 4. The Kier molecular flexibility index (Phi) is 2.24. The number of nitrogen functional groups attached to an aromatic ring is 1. The van der Waals surface area contributed by atoms with Crippen LogP contribution in [0.4, 0.5) is 11.5 Å². The van der Waals surface area contributed by atoms with Gasteiger partial charge in [-0.25, -0.2) is 4.98 Å². The largest absolute Gasteiger partial charge is 0.396 e. The molecular weight excluding hydrogens is 188 g/mol. The lowest BCUT2D eigenvalue weighted by Gasteiger charge is -2.10. The lowest BCUT2D eigenvalue weighted by atomic mass is 10.1. The number of rotatable bonds is 3. The molecule has 0 atom stereocenters. The summed E-state index contributed by atoms with van der Waals surface area (Å²) in [6.07, 6.45) is 2.53. The molecule has 1 fully saturated rings. The first-order valence-electron chi connectivity index (χ1n) is 5.03. The molecule has 0 spiro atoms. The topological polar surface area (TPSA) is 74.7 Å². The summed E-state index contributed by atoms with van der Waals surface area (Å²) in [4.78, 5) is 4.12. The second kappa shape index (κ2) is 3.43. The van der Waals surface area contributed by atoms with Crippen LogP contribution < -0.4 is 11.1 Å². The number of nitriles is 1. The van der Waals surface area contributed by atoms with Crippen LogP contribution in [0.2, 0.25) is 0 Å². The third kappa shape index (κ3) is 2.18. The van der Waals surface area contributed by atoms with Gasteiger partial charge in [-0.3, -0.25) is 0 Å². The zero-order chi connectivity index (χ0) is 10.9. The third-order valence-corrected chi connectivity index (χ3v) is 2.83. The van der Waals surface area contributed by atoms with Crippen molar-refractivity contribution in [1.82, 2.24) is 4.98 Å². The predicted octanol–water partition coefficient (Wildman–Crippen LogP) is 1.75. The van der Waals surface area contributed by atoms with Crippen LogP contribution in [-0.2, 0) is 0 Å². The summed E-state index contributed by atoms with van der Waals surface area (Å²) in [6, 6.07) is 5.49. The molecule has 0 bridgehead atoms. The lowest BCUT2D eigenvalue weighted by molar-refractivity contribution is 0.609. The molecule has 15 heavy (non-hydrogen) atoms. The fraction of sp³-hybridized carbons (Fsp3) is 0.455. The molecule has 0 aromatic carbocycles. The monoisotopic (exact) mass is 202 g/mol. The minimum absolute atomic E-state index is 0.293. The van der Waals surface area contributed by atoms with Gasteiger partial charge in [-0.05, 0) is 30.4 Å². The molecular formula is C11H14N4. The van der Waals surface area contributed by atoms with Crippen LogP contribution in [0.15, 0.2) is 12.1 Å². The quantitative estimate of drug-likeness (QED) is 0.783. The molecule has 2 rings (SSSR count). The van der Waals surface area contributed by atoms with Gasteiger partial charge < -0.3 is 11.1 Å². The molecule has 1 heterocycles. The van der Waals surface area contributed by atoms with E-state index in [1.807, 2.05) is 12.1 Å². The second-order valence-electron chi connectivity index (χ2n) is 4.41. The predicted molar refractivity (Wildman–Crippen MR) is 59.2 cm³/mol. The molecule has 0 amide bonds. The molecule has 3 N–H and O–H groups in total. The first kappa shape index (κ1) is 9.78. The summed E-state index contributed by atoms with van der Waals surface area (Å²) < 4.78 is 0. The van der Waals surface area contributed by atoms with Gasteiger partial charge in [-0.15, -0.1) is 0 Å². The van der Waals surface area contributed by atoms with E-state index < -0.39 is 0 Å². The first-order chi connectivity index (χ1) is 7.13. The van der Waals surface area contributed by atoms with Crippen LogP contribution >= 0.6 is 0 Å². The molecule has 78 valence electrons. The van der Waals surface area contributed by atoms with Crippen molar-refractivity contribution in [3.05, 3.63) is 17.8 Å². The third-order valence-electron chi connectivity index (χ3n) is 2.83. The average molecular weight is 202 g/mol. The van der Waals surface area contributed by atoms with Gasteiger partial charge in [-0.2, -0.15) is 5.26 Å². The average Bonchev–Trinajstić information content (AvgIpc) is 2.96. The summed E-state index contributed by atoms with van der Waals surface area (Å²) in [7, 11) is 0. The Morgan fingerprint density at radius 1 is 1.60 bits per heavy atom. The van der Waals surface area contributed by atoms with Crippen LogP contribution in [0.3, 0.4) is 0 Å². The molecule has 4 nitrogen and oxygen atoms in total. The Labute approximate surface area is 89.1 Å². The number of anilines is 2. The maximum absolute atomic E-state index is 8.76. The van der Waals surface area contributed by atoms with Crippen LogP contribution in [0.5, 0.6) is 0 Å². The maximum atomic E-state index is 8.76. The van der Waals surface area contributed by atoms with Crippen molar-refractivity contribution in [2.45, 2.75) is 19.8 Å². The SMILES string of the molecule is CC1(CNc2ccc(N)c(C#N)n2)CC1. The van der Waals surface area contributed by atoms with Crippen LogP contribution in [0.1, 0.15) is 25.5 Å². The number of hydrogen-bond donors (Lipinski definition) is 2. The van der Waals surface area contributed by atoms with Crippen molar-refractivity contribution < 1.29 is 0 Å². The number of nitrogens with one attached hydrogen (secondary N) is 1. The van der Waals surface area contributed by atoms with Crippen molar-refractivity contribution in [2.75, 3.05) is 17.6 Å². The van der Waals surface area contributed by atoms with E-state index in [2.05, 4.69) is 17.2 Å². The van der Waals surface area contributed by atoms with Crippen molar-refractivity contribution >= 4 is 11.5 Å². The normalized spacial score (nSPS) is 16.8. The highest BCUT2D eigenvalue weighted by Gasteiger charge is 2.36. The Morgan fingerprint density at radius 2 is 2.33 bits per heavy atom. The molecule has 0 radical (unpaired) electrons. The Morgan fingerprint density at radius 3 is 2.93 bits per heavy atom. The van der Waals surface area contributed by atoms with Gasteiger partial charge in [0.05, 0.1) is 5.69 Å². The van der Waals surface area contributed by atoms with Gasteiger partial charge in [-0.1, -0.05) is 6.92 Å². The zero-order valence-corrected chi connectivity index (χ0v) is 8.75. The Balaban J connectivity index is 2.06. The van der Waals surface area contributed by atoms with E-state index in [4.69, 9.17) is 11.0 Å². The molecule has 1 aromatic heterocycles. The summed E-state index contributed by atoms with van der Waals surface area (Å²) in [5.41, 5.74) is 6.73. The molecule has 0 unspecified atom stereocenters. The number of nitrogens with zero attached hydrogens (tertiary/aromatic N) is 2. The smallest absolute Gasteiger partial charge is 0.165 e. The highest BCUT2D eigenvalue weighted by molar-refractivity contribution is 5.54. The number of aromatic nitrogens is 1. The minimum atomic E-state index is 0.293. The maximum Gasteiger partial charge on any atom is 0.165 e. The van der Waals surface area contributed by atoms with Gasteiger partial charge in [0.15, 0.2) is 5.69 Å². The highest BCUT2D eigenvalue weighted by atomic mass is 15.0. The summed E-state index contributed by atoms with van der Waals surface area (Å²) in [5, 5.41) is 12.0. The lowest BCUT2D eigenvalue weighted by Crippen LogP contribution is -2.13. The number of nitrogens with two attached hydrogens (primary N) is 1. The molecule has 1 aliphatic carbocycles. The Bertz CT molecular complexity index is 415. The molecule has 1 aliphatic rings. The molecule has 0 saturated heterocycles. The summed E-state index contributed by atoms with van der Waals surface area (Å²) in [6.45, 7) is 3.15. The van der Waals surface area contributed by atoms with E-state index in [-0.39, 0.29) is 0 Å². The van der Waals surface area contributed by atoms with Gasteiger partial charge in [0.1, 0.15) is 11.9 Å². The molecule has 0 aliphatic heterocycles. The van der Waals surface area contributed by atoms with Crippen molar-refractivity contribution in [3.8, 4) is 6.07 Å². The van der Waals surface area contributed by atoms with E-state index >= 15 is 0 Å². The zero-order valence-electron chi connectivity index (χ0n) is 8.75. The van der Waals surface area contributed by atoms with E-state index in [1.54, 1.807) is 6.07 Å². The number of pyridine rings is 1. The summed E-state index contributed by atoms with van der Waals surface area (Å²) in [5.74, 6) is 0.730. The molecule has 4 heteroatoms. The van der Waals surface area contributed by atoms with Crippen molar-refractivity contribution in [3.63, 3.8) is 0 Å². The van der Waals surface area contributed by atoms with Gasteiger partial charge >= 0.3 is 0 Å². The fourth-order valence-corrected chi connectivity index (χ4v) is 1.35.